The summed E-state index contributed by atoms with van der Waals surface area (Å²) in [5, 5.41) is 54.6. The average Bonchev–Trinajstić information content (AvgIpc) is 3.73. The van der Waals surface area contributed by atoms with Gasteiger partial charge >= 0.3 is 0 Å². The van der Waals surface area contributed by atoms with E-state index in [1.165, 1.54) is 24.3 Å². The Labute approximate surface area is 376 Å². The zero-order chi connectivity index (χ0) is 46.2. The number of aliphatic imine (C=N–C) groups is 2. The normalized spacial score (nSPS) is 25.1. The number of amidine groups is 1. The van der Waals surface area contributed by atoms with Gasteiger partial charge in [0.2, 0.25) is 18.0 Å². The Morgan fingerprint density at radius 1 is 1.00 bits per heavy atom. The summed E-state index contributed by atoms with van der Waals surface area (Å²) in [4.78, 5) is 67.4. The van der Waals surface area contributed by atoms with Crippen LogP contribution in [0.4, 0.5) is 11.5 Å². The number of aromatic nitrogens is 1. The van der Waals surface area contributed by atoms with Gasteiger partial charge in [-0.25, -0.2) is 14.9 Å². The number of anilines is 1. The number of ketones is 2. The number of aliphatic hydroxyl groups is 4. The SMILES string of the molecule is N=C1N=C2C(=NC[NH+]2c2ccccc2[C@@H]2CCOC[C@@H]3O[C@H](Oc4c2cc2c(c4OC[C@H](O)CC=O)C(=O)c4cc(CO)ccc4C2=O)[C@@H](OCCc2ccnc(N)c2)[C@H](O)[C@H]3O)C(=O)N1. The number of hydrogen-bond donors (Lipinski definition) is 8. The van der Waals surface area contributed by atoms with Crippen molar-refractivity contribution in [3.8, 4) is 11.5 Å². The van der Waals surface area contributed by atoms with Crippen LogP contribution in [0.5, 0.6) is 11.5 Å². The van der Waals surface area contributed by atoms with Crippen LogP contribution in [-0.2, 0) is 36.8 Å². The number of aliphatic hydroxyl groups excluding tert-OH is 4. The molecule has 9 N–H and O–H groups in total. The zero-order valence-corrected chi connectivity index (χ0v) is 35.2. The summed E-state index contributed by atoms with van der Waals surface area (Å²) in [7, 11) is 0. The minimum Gasteiger partial charge on any atom is -0.486 e. The van der Waals surface area contributed by atoms with Gasteiger partial charge in [-0.15, -0.1) is 0 Å². The summed E-state index contributed by atoms with van der Waals surface area (Å²) in [6, 6.07) is 16.6. The number of nitrogen functional groups attached to an aromatic ring is 1. The highest BCUT2D eigenvalue weighted by Gasteiger charge is 2.49. The summed E-state index contributed by atoms with van der Waals surface area (Å²) in [6.45, 7) is -1.13. The first-order chi connectivity index (χ1) is 31.9. The lowest BCUT2D eigenvalue weighted by Gasteiger charge is -2.42. The van der Waals surface area contributed by atoms with E-state index in [2.05, 4.69) is 20.3 Å². The molecule has 20 heteroatoms. The second kappa shape index (κ2) is 18.7. The van der Waals surface area contributed by atoms with E-state index < -0.39 is 73.4 Å². The van der Waals surface area contributed by atoms with E-state index in [1.54, 1.807) is 30.5 Å². The monoisotopic (exact) mass is 904 g/mol. The molecule has 66 heavy (non-hydrogen) atoms. The predicted octanol–water partition coefficient (Wildman–Crippen LogP) is -0.343. The molecule has 1 unspecified atom stereocenters. The number of quaternary nitrogens is 1. The van der Waals surface area contributed by atoms with Gasteiger partial charge in [-0.1, -0.05) is 24.3 Å². The predicted molar refractivity (Wildman–Crippen MR) is 231 cm³/mol. The fourth-order valence-corrected chi connectivity index (χ4v) is 8.92. The van der Waals surface area contributed by atoms with Crippen LogP contribution >= 0.6 is 0 Å². The van der Waals surface area contributed by atoms with Gasteiger partial charge in [0.15, 0.2) is 29.7 Å². The first-order valence-corrected chi connectivity index (χ1v) is 21.3. The Kier molecular flexibility index (Phi) is 12.6. The molecule has 3 aromatic carbocycles. The largest absolute Gasteiger partial charge is 0.486 e. The third-order valence-electron chi connectivity index (χ3n) is 12.2. The Bertz CT molecular complexity index is 2690. The van der Waals surface area contributed by atoms with Gasteiger partial charge < -0.3 is 54.6 Å². The van der Waals surface area contributed by atoms with Gasteiger partial charge in [-0.2, -0.15) is 4.99 Å². The number of nitrogens with zero attached hydrogens (tertiary/aromatic N) is 3. The summed E-state index contributed by atoms with van der Waals surface area (Å²) in [6.07, 6.45) is -6.40. The number of benzene rings is 3. The molecular formula is C46H46N7O13+. The van der Waals surface area contributed by atoms with Crippen LogP contribution in [0, 0.1) is 5.41 Å². The quantitative estimate of drug-likeness (QED) is 0.0743. The van der Waals surface area contributed by atoms with E-state index in [0.29, 0.717) is 40.2 Å². The van der Waals surface area contributed by atoms with Crippen molar-refractivity contribution in [1.82, 2.24) is 10.3 Å². The van der Waals surface area contributed by atoms with Crippen molar-refractivity contribution >= 4 is 52.8 Å². The van der Waals surface area contributed by atoms with Gasteiger partial charge in [0.25, 0.3) is 11.7 Å². The van der Waals surface area contributed by atoms with Crippen LogP contribution < -0.4 is 25.4 Å². The summed E-state index contributed by atoms with van der Waals surface area (Å²) in [5.41, 5.74) is 8.31. The second-order valence-electron chi connectivity index (χ2n) is 16.3. The number of nitrogens with one attached hydrogen (secondary N) is 3. The first kappa shape index (κ1) is 44.6. The molecule has 20 nitrogen and oxygen atoms in total. The minimum atomic E-state index is -1.61. The Morgan fingerprint density at radius 2 is 1.83 bits per heavy atom. The standard InChI is InChI=1S/C46H45N7O13/c47-33-16-22(7-11-49-33)9-14-63-42-39(60)38(59)32-20-62-13-10-25(26-3-1-2-4-31(26)53-21-50-35-43(53)51-46(48)52-44(35)61)29-17-30-34(37(58)28-15-23(18-55)5-6-27(28)36(30)57)41(40(29)66-45(42)65-32)64-19-24(56)8-12-54/h1-7,11-12,15-17,24-25,32,38-39,42,45,55-56,59-60H,8-10,13-14,18-21H2,(H2,47,49)(H2,48,52,61)/p+1/t24-,25+,32+,38+,39-,42+,45-/m1/s1. The molecule has 9 rings (SSSR count). The topological polar surface area (TPSA) is 299 Å². The lowest BCUT2D eigenvalue weighted by Crippen LogP contribution is -3.09. The number of carbonyl (C=O) groups is 4. The molecule has 1 fully saturated rings. The number of para-hydroxylation sites is 1. The maximum Gasteiger partial charge on any atom is 0.284 e. The highest BCUT2D eigenvalue weighted by molar-refractivity contribution is 6.68. The third-order valence-corrected chi connectivity index (χ3v) is 12.2. The lowest BCUT2D eigenvalue weighted by molar-refractivity contribution is -0.723. The highest BCUT2D eigenvalue weighted by Crippen LogP contribution is 2.49. The maximum absolute atomic E-state index is 14.8. The zero-order valence-electron chi connectivity index (χ0n) is 35.2. The van der Waals surface area contributed by atoms with E-state index >= 15 is 0 Å². The van der Waals surface area contributed by atoms with Crippen molar-refractivity contribution in [3.63, 3.8) is 0 Å². The Balaban J connectivity index is 1.24. The molecular weight excluding hydrogens is 859 g/mol. The number of carbonyl (C=O) groups excluding carboxylic acids is 4. The van der Waals surface area contributed by atoms with E-state index in [1.807, 2.05) is 12.1 Å². The molecule has 4 aliphatic heterocycles. The van der Waals surface area contributed by atoms with Crippen LogP contribution in [0.3, 0.4) is 0 Å². The highest BCUT2D eigenvalue weighted by atomic mass is 16.7. The molecule has 2 bridgehead atoms. The summed E-state index contributed by atoms with van der Waals surface area (Å²) < 4.78 is 32.0. The van der Waals surface area contributed by atoms with Gasteiger partial charge in [0, 0.05) is 53.0 Å². The van der Waals surface area contributed by atoms with Crippen molar-refractivity contribution < 1.29 is 68.2 Å². The number of aldehydes is 1. The van der Waals surface area contributed by atoms with Gasteiger partial charge in [0.05, 0.1) is 31.5 Å². The molecule has 8 atom stereocenters. The molecule has 0 radical (unpaired) electrons. The number of amides is 1. The molecule has 4 aromatic rings. The molecule has 342 valence electrons. The van der Waals surface area contributed by atoms with Crippen molar-refractivity contribution in [2.24, 2.45) is 9.98 Å². The number of ether oxygens (including phenoxy) is 5. The lowest BCUT2D eigenvalue weighted by atomic mass is 9.78. The molecule has 5 heterocycles. The van der Waals surface area contributed by atoms with Gasteiger partial charge in [-0.3, -0.25) is 25.1 Å². The number of nitrogens with two attached hydrogens (primary N) is 1. The Hall–Kier alpha value is -6.62. The van der Waals surface area contributed by atoms with Crippen LogP contribution in [0.1, 0.15) is 72.9 Å². The van der Waals surface area contributed by atoms with Crippen LogP contribution in [0.25, 0.3) is 0 Å². The van der Waals surface area contributed by atoms with E-state index in [4.69, 9.17) is 34.8 Å². The van der Waals surface area contributed by atoms with Crippen molar-refractivity contribution in [1.29, 1.82) is 5.41 Å². The molecule has 1 saturated heterocycles. The fraction of sp³-hybridized carbons (Fsp3) is 0.348. The fourth-order valence-electron chi connectivity index (χ4n) is 8.92. The van der Waals surface area contributed by atoms with Crippen LogP contribution in [0.2, 0.25) is 0 Å². The summed E-state index contributed by atoms with van der Waals surface area (Å²) in [5.74, 6) is -2.88. The van der Waals surface area contributed by atoms with Crippen molar-refractivity contribution in [2.75, 3.05) is 38.8 Å². The number of guanidine groups is 1. The van der Waals surface area contributed by atoms with Crippen molar-refractivity contribution in [2.45, 2.75) is 68.6 Å². The number of fused-ring (bicyclic) bond motifs is 6. The Morgan fingerprint density at radius 3 is 2.64 bits per heavy atom. The number of rotatable bonds is 12. The minimum absolute atomic E-state index is 0.0107. The van der Waals surface area contributed by atoms with Crippen LogP contribution in [0.15, 0.2) is 76.8 Å². The molecule has 5 aliphatic rings. The smallest absolute Gasteiger partial charge is 0.284 e. The molecule has 1 aliphatic carbocycles. The maximum atomic E-state index is 14.8. The van der Waals surface area contributed by atoms with E-state index in [9.17, 15) is 39.6 Å². The summed E-state index contributed by atoms with van der Waals surface area (Å²) >= 11 is 0. The third kappa shape index (κ3) is 8.40. The van der Waals surface area contributed by atoms with Gasteiger partial charge in [0.1, 0.15) is 48.8 Å². The molecule has 1 aromatic heterocycles. The second-order valence-corrected chi connectivity index (χ2v) is 16.3. The van der Waals surface area contributed by atoms with E-state index in [-0.39, 0.29) is 96.2 Å². The average molecular weight is 905 g/mol. The van der Waals surface area contributed by atoms with E-state index in [0.717, 1.165) is 5.56 Å². The first-order valence-electron chi connectivity index (χ1n) is 21.3. The van der Waals surface area contributed by atoms with Gasteiger partial charge in [-0.05, 0) is 60.4 Å². The van der Waals surface area contributed by atoms with Crippen molar-refractivity contribution in [3.05, 3.63) is 111 Å². The molecule has 0 spiro atoms. The number of pyridine rings is 1. The number of hydrogen-bond acceptors (Lipinski definition) is 17. The molecule has 1 amide bonds. The van der Waals surface area contributed by atoms with Crippen LogP contribution in [-0.4, -0.2) is 137 Å². The molecule has 0 saturated carbocycles.